The van der Waals surface area contributed by atoms with Gasteiger partial charge in [0.1, 0.15) is 17.5 Å². The van der Waals surface area contributed by atoms with Gasteiger partial charge in [-0.3, -0.25) is 9.59 Å². The molecule has 198 valence electrons. The van der Waals surface area contributed by atoms with Crippen LogP contribution in [0.15, 0.2) is 42.1 Å². The maximum atomic E-state index is 13.4. The molecule has 9 nitrogen and oxygen atoms in total. The third kappa shape index (κ3) is 5.45. The molecule has 2 aliphatic heterocycles. The number of aryl methyl sites for hydroxylation is 1. The van der Waals surface area contributed by atoms with E-state index in [1.54, 1.807) is 41.3 Å². The van der Waals surface area contributed by atoms with Gasteiger partial charge in [-0.05, 0) is 68.1 Å². The zero-order valence-electron chi connectivity index (χ0n) is 21.2. The zero-order valence-corrected chi connectivity index (χ0v) is 21.9. The van der Waals surface area contributed by atoms with Crippen LogP contribution < -0.4 is 5.32 Å². The first-order chi connectivity index (χ1) is 18.3. The third-order valence-electron chi connectivity index (χ3n) is 7.27. The van der Waals surface area contributed by atoms with Crippen molar-refractivity contribution >= 4 is 40.4 Å². The molecule has 2 aromatic carbocycles. The average Bonchev–Trinajstić information content (AvgIpc) is 3.67. The molecule has 38 heavy (non-hydrogen) atoms. The van der Waals surface area contributed by atoms with Crippen LogP contribution in [-0.2, 0) is 4.79 Å². The fourth-order valence-electron chi connectivity index (χ4n) is 5.17. The third-order valence-corrected chi connectivity index (χ3v) is 7.51. The summed E-state index contributed by atoms with van der Waals surface area (Å²) in [6.07, 6.45) is 2.21. The van der Waals surface area contributed by atoms with Crippen molar-refractivity contribution in [3.05, 3.63) is 69.6 Å². The van der Waals surface area contributed by atoms with Gasteiger partial charge in [0.05, 0.1) is 23.2 Å². The minimum Gasteiger partial charge on any atom is -0.391 e. The van der Waals surface area contributed by atoms with Gasteiger partial charge in [-0.15, -0.1) is 0 Å². The molecule has 0 unspecified atom stereocenters. The SMILES string of the molecule is Cc1cc(C(=O)N[C@@H](CC(=C=O)N2CC[C@@H](O)C2)c2nc3cc(Cl)ccc3[nH]2)ccc1C(=O)N1CCCC1. The number of hydrogen-bond donors (Lipinski definition) is 3. The number of nitrogens with one attached hydrogen (secondary N) is 2. The number of aromatic nitrogens is 2. The molecule has 2 amide bonds. The molecule has 0 saturated carbocycles. The highest BCUT2D eigenvalue weighted by Gasteiger charge is 2.28. The van der Waals surface area contributed by atoms with Crippen molar-refractivity contribution in [1.82, 2.24) is 25.1 Å². The number of aromatic amines is 1. The first-order valence-electron chi connectivity index (χ1n) is 12.9. The number of benzene rings is 2. The molecule has 0 radical (unpaired) electrons. The van der Waals surface area contributed by atoms with Gasteiger partial charge >= 0.3 is 0 Å². The van der Waals surface area contributed by atoms with E-state index >= 15 is 0 Å². The second-order valence-corrected chi connectivity index (χ2v) is 10.4. The molecule has 2 saturated heterocycles. The summed E-state index contributed by atoms with van der Waals surface area (Å²) >= 11 is 6.13. The van der Waals surface area contributed by atoms with Crippen molar-refractivity contribution in [3.63, 3.8) is 0 Å². The topological polar surface area (TPSA) is 119 Å². The summed E-state index contributed by atoms with van der Waals surface area (Å²) in [7, 11) is 0. The molecule has 0 bridgehead atoms. The fourth-order valence-corrected chi connectivity index (χ4v) is 5.34. The van der Waals surface area contributed by atoms with E-state index in [0.717, 1.165) is 37.0 Å². The largest absolute Gasteiger partial charge is 0.391 e. The van der Waals surface area contributed by atoms with Crippen LogP contribution >= 0.6 is 11.6 Å². The molecular weight excluding hydrogens is 506 g/mol. The average molecular weight is 536 g/mol. The van der Waals surface area contributed by atoms with Gasteiger partial charge in [0.2, 0.25) is 0 Å². The minimum absolute atomic E-state index is 0.0145. The fraction of sp³-hybridized carbons (Fsp3) is 0.393. The molecule has 1 aromatic heterocycles. The van der Waals surface area contributed by atoms with Crippen LogP contribution in [-0.4, -0.2) is 74.9 Å². The molecule has 3 N–H and O–H groups in total. The number of β-amino-alcohol motifs (C(OH)–C–C–N with tert-alkyl or cyclic N) is 1. The van der Waals surface area contributed by atoms with E-state index < -0.39 is 12.1 Å². The van der Waals surface area contributed by atoms with Gasteiger partial charge in [0.25, 0.3) is 11.8 Å². The van der Waals surface area contributed by atoms with Crippen molar-refractivity contribution in [1.29, 1.82) is 0 Å². The van der Waals surface area contributed by atoms with Gasteiger partial charge in [0.15, 0.2) is 0 Å². The Kier molecular flexibility index (Phi) is 7.51. The molecule has 2 fully saturated rings. The van der Waals surface area contributed by atoms with Gasteiger partial charge in [-0.25, -0.2) is 9.78 Å². The molecule has 0 aliphatic carbocycles. The van der Waals surface area contributed by atoms with E-state index in [2.05, 4.69) is 15.3 Å². The van der Waals surface area contributed by atoms with Crippen molar-refractivity contribution in [2.24, 2.45) is 0 Å². The lowest BCUT2D eigenvalue weighted by Crippen LogP contribution is -2.32. The number of imidazole rings is 1. The Morgan fingerprint density at radius 3 is 2.66 bits per heavy atom. The summed E-state index contributed by atoms with van der Waals surface area (Å²) in [5.74, 6) is 2.10. The van der Waals surface area contributed by atoms with Crippen LogP contribution in [0.4, 0.5) is 0 Å². The highest BCUT2D eigenvalue weighted by Crippen LogP contribution is 2.27. The van der Waals surface area contributed by atoms with Gasteiger partial charge in [-0.2, -0.15) is 0 Å². The quantitative estimate of drug-likeness (QED) is 0.399. The highest BCUT2D eigenvalue weighted by atomic mass is 35.5. The highest BCUT2D eigenvalue weighted by molar-refractivity contribution is 6.31. The van der Waals surface area contributed by atoms with E-state index in [9.17, 15) is 19.5 Å². The monoisotopic (exact) mass is 535 g/mol. The Morgan fingerprint density at radius 2 is 1.97 bits per heavy atom. The number of nitrogens with zero attached hydrogens (tertiary/aromatic N) is 3. The van der Waals surface area contributed by atoms with Crippen LogP contribution in [0, 0.1) is 6.92 Å². The first-order valence-corrected chi connectivity index (χ1v) is 13.2. The van der Waals surface area contributed by atoms with Gasteiger partial charge in [0, 0.05) is 48.7 Å². The van der Waals surface area contributed by atoms with E-state index in [-0.39, 0.29) is 18.2 Å². The standard InChI is InChI=1S/C28H30ClN5O4/c1-17-12-18(4-6-22(17)28(38)33-9-2-3-10-33)27(37)32-25(14-20(16-35)34-11-8-21(36)15-34)26-30-23-7-5-19(29)13-24(23)31-26/h4-7,12-13,21,25,36H,2-3,8-11,14-15H2,1H3,(H,30,31)(H,32,37)/t21-,25+/m1/s1. The number of aliphatic hydroxyl groups excluding tert-OH is 1. The van der Waals surface area contributed by atoms with Crippen molar-refractivity contribution in [2.45, 2.75) is 44.8 Å². The molecular formula is C28H30ClN5O4. The smallest absolute Gasteiger partial charge is 0.254 e. The van der Waals surface area contributed by atoms with Crippen LogP contribution in [0.5, 0.6) is 0 Å². The lowest BCUT2D eigenvalue weighted by molar-refractivity contribution is 0.0791. The van der Waals surface area contributed by atoms with E-state index in [1.165, 1.54) is 0 Å². The number of carbonyl (C=O) groups excluding carboxylic acids is 3. The molecule has 5 rings (SSSR count). The molecule has 0 spiro atoms. The second kappa shape index (κ2) is 11.0. The Hall–Kier alpha value is -3.65. The normalized spacial score (nSPS) is 18.0. The number of amides is 2. The summed E-state index contributed by atoms with van der Waals surface area (Å²) in [5.41, 5.74) is 3.46. The number of fused-ring (bicyclic) bond motifs is 1. The first kappa shape index (κ1) is 26.0. The van der Waals surface area contributed by atoms with Crippen LogP contribution in [0.2, 0.25) is 5.02 Å². The Bertz CT molecular complexity index is 1420. The Balaban J connectivity index is 1.40. The molecule has 10 heteroatoms. The van der Waals surface area contributed by atoms with E-state index in [4.69, 9.17) is 11.6 Å². The van der Waals surface area contributed by atoms with Crippen LogP contribution in [0.3, 0.4) is 0 Å². The molecule has 3 heterocycles. The predicted octanol–water partition coefficient (Wildman–Crippen LogP) is 3.40. The number of H-pyrrole nitrogens is 1. The number of carbonyl (C=O) groups is 2. The van der Waals surface area contributed by atoms with Crippen molar-refractivity contribution < 1.29 is 19.5 Å². The minimum atomic E-state index is -0.672. The maximum absolute atomic E-state index is 13.4. The summed E-state index contributed by atoms with van der Waals surface area (Å²) in [5, 5.41) is 13.5. The molecule has 2 aliphatic rings. The maximum Gasteiger partial charge on any atom is 0.254 e. The lowest BCUT2D eigenvalue weighted by Gasteiger charge is -2.23. The predicted molar refractivity (Wildman–Crippen MR) is 144 cm³/mol. The van der Waals surface area contributed by atoms with Crippen molar-refractivity contribution in [3.8, 4) is 0 Å². The van der Waals surface area contributed by atoms with E-state index in [0.29, 0.717) is 52.7 Å². The number of halogens is 1. The number of hydrogen-bond acceptors (Lipinski definition) is 6. The van der Waals surface area contributed by atoms with E-state index in [1.807, 2.05) is 17.8 Å². The number of likely N-dealkylation sites (tertiary alicyclic amines) is 2. The van der Waals surface area contributed by atoms with Gasteiger partial charge < -0.3 is 25.2 Å². The summed E-state index contributed by atoms with van der Waals surface area (Å²) < 4.78 is 0. The summed E-state index contributed by atoms with van der Waals surface area (Å²) in [6.45, 7) is 4.21. The summed E-state index contributed by atoms with van der Waals surface area (Å²) in [4.78, 5) is 49.7. The number of rotatable bonds is 7. The zero-order chi connectivity index (χ0) is 26.8. The molecule has 2 atom stereocenters. The Labute approximate surface area is 225 Å². The lowest BCUT2D eigenvalue weighted by atomic mass is 10.0. The van der Waals surface area contributed by atoms with Crippen molar-refractivity contribution in [2.75, 3.05) is 26.2 Å². The van der Waals surface area contributed by atoms with Crippen LogP contribution in [0.1, 0.15) is 63.8 Å². The van der Waals surface area contributed by atoms with Gasteiger partial charge in [-0.1, -0.05) is 11.6 Å². The summed E-state index contributed by atoms with van der Waals surface area (Å²) in [6, 6.07) is 9.66. The number of aliphatic hydroxyl groups is 1. The van der Waals surface area contributed by atoms with Crippen LogP contribution in [0.25, 0.3) is 11.0 Å². The Morgan fingerprint density at radius 1 is 1.18 bits per heavy atom. The second-order valence-electron chi connectivity index (χ2n) is 9.98. The molecule has 3 aromatic rings.